The number of ether oxygens (including phenoxy) is 1. The fraction of sp³-hybridized carbons (Fsp3) is 0.812. The number of aryl methyl sites for hydroxylation is 1. The lowest BCUT2D eigenvalue weighted by Gasteiger charge is -2.27. The molecule has 4 nitrogen and oxygen atoms in total. The van der Waals surface area contributed by atoms with Gasteiger partial charge in [-0.2, -0.15) is 0 Å². The molecule has 1 aromatic rings. The fourth-order valence-corrected chi connectivity index (χ4v) is 2.94. The number of nitrogens with one attached hydrogen (secondary N) is 1. The molecular formula is C16H29N3O. The van der Waals surface area contributed by atoms with Crippen LogP contribution >= 0.6 is 0 Å². The van der Waals surface area contributed by atoms with Crippen molar-refractivity contribution < 1.29 is 4.74 Å². The van der Waals surface area contributed by atoms with Gasteiger partial charge in [-0.15, -0.1) is 0 Å². The molecule has 0 spiro atoms. The molecule has 1 N–H and O–H groups in total. The fourth-order valence-electron chi connectivity index (χ4n) is 2.94. The molecule has 20 heavy (non-hydrogen) atoms. The third-order valence-corrected chi connectivity index (χ3v) is 4.08. The van der Waals surface area contributed by atoms with Gasteiger partial charge in [-0.3, -0.25) is 0 Å². The molecule has 4 heteroatoms. The van der Waals surface area contributed by atoms with Gasteiger partial charge in [-0.1, -0.05) is 6.92 Å². The summed E-state index contributed by atoms with van der Waals surface area (Å²) in [6.07, 6.45) is 11.5. The van der Waals surface area contributed by atoms with Crippen LogP contribution < -0.4 is 5.32 Å². The zero-order valence-corrected chi connectivity index (χ0v) is 13.0. The Hall–Kier alpha value is -0.870. The molecule has 2 rings (SSSR count). The van der Waals surface area contributed by atoms with E-state index >= 15 is 0 Å². The van der Waals surface area contributed by atoms with Crippen LogP contribution in [0, 0.1) is 0 Å². The summed E-state index contributed by atoms with van der Waals surface area (Å²) in [4.78, 5) is 4.51. The predicted molar refractivity (Wildman–Crippen MR) is 81.9 cm³/mol. The monoisotopic (exact) mass is 279 g/mol. The van der Waals surface area contributed by atoms with E-state index in [-0.39, 0.29) is 0 Å². The zero-order valence-electron chi connectivity index (χ0n) is 13.0. The molecule has 0 bridgehead atoms. The summed E-state index contributed by atoms with van der Waals surface area (Å²) >= 11 is 0. The molecular weight excluding hydrogens is 250 g/mol. The highest BCUT2D eigenvalue weighted by atomic mass is 16.5. The third kappa shape index (κ3) is 4.60. The highest BCUT2D eigenvalue weighted by molar-refractivity contribution is 4.96. The van der Waals surface area contributed by atoms with Crippen molar-refractivity contribution in [1.29, 1.82) is 0 Å². The van der Waals surface area contributed by atoms with E-state index in [1.54, 1.807) is 0 Å². The van der Waals surface area contributed by atoms with Crippen LogP contribution in [-0.4, -0.2) is 34.8 Å². The van der Waals surface area contributed by atoms with Crippen LogP contribution in [0.3, 0.4) is 0 Å². The summed E-state index contributed by atoms with van der Waals surface area (Å²) in [7, 11) is 0. The maximum Gasteiger partial charge on any atom is 0.110 e. The minimum atomic E-state index is 0.433. The molecule has 2 atom stereocenters. The summed E-state index contributed by atoms with van der Waals surface area (Å²) in [5, 5.41) is 3.67. The lowest BCUT2D eigenvalue weighted by Crippen LogP contribution is -2.37. The average Bonchev–Trinajstić information content (AvgIpc) is 2.93. The first kappa shape index (κ1) is 15.5. The van der Waals surface area contributed by atoms with Crippen LogP contribution in [0.15, 0.2) is 12.4 Å². The number of hydrogen-bond acceptors (Lipinski definition) is 3. The molecule has 2 unspecified atom stereocenters. The number of rotatable bonds is 8. The first-order valence-corrected chi connectivity index (χ1v) is 8.18. The first-order chi connectivity index (χ1) is 9.83. The highest BCUT2D eigenvalue weighted by Gasteiger charge is 2.20. The van der Waals surface area contributed by atoms with Gasteiger partial charge in [0, 0.05) is 38.0 Å². The molecule has 0 amide bonds. The molecule has 1 aliphatic heterocycles. The molecule has 0 radical (unpaired) electrons. The van der Waals surface area contributed by atoms with Crippen molar-refractivity contribution in [2.45, 2.75) is 71.1 Å². The molecule has 1 aliphatic rings. The van der Waals surface area contributed by atoms with Gasteiger partial charge in [0.25, 0.3) is 0 Å². The van der Waals surface area contributed by atoms with Crippen LogP contribution in [0.4, 0.5) is 0 Å². The van der Waals surface area contributed by atoms with E-state index in [1.165, 1.54) is 31.5 Å². The molecule has 114 valence electrons. The van der Waals surface area contributed by atoms with Gasteiger partial charge in [0.2, 0.25) is 0 Å². The third-order valence-electron chi connectivity index (χ3n) is 4.08. The van der Waals surface area contributed by atoms with Crippen LogP contribution in [0.5, 0.6) is 0 Å². The Morgan fingerprint density at radius 3 is 3.05 bits per heavy atom. The van der Waals surface area contributed by atoms with E-state index in [9.17, 15) is 0 Å². The minimum absolute atomic E-state index is 0.433. The Kier molecular flexibility index (Phi) is 6.54. The standard InChI is InChI=1S/C16H29N3O/c1-3-8-17-14(12-15-7-5-6-11-20-15)13-16-18-9-10-19(16)4-2/h9-10,14-15,17H,3-8,11-13H2,1-2H3. The SMILES string of the molecule is CCCNC(Cc1nccn1CC)CC1CCCCO1. The van der Waals surface area contributed by atoms with E-state index < -0.39 is 0 Å². The normalized spacial score (nSPS) is 21.0. The number of imidazole rings is 1. The lowest BCUT2D eigenvalue weighted by atomic mass is 9.99. The Morgan fingerprint density at radius 2 is 2.35 bits per heavy atom. The molecule has 1 saturated heterocycles. The van der Waals surface area contributed by atoms with E-state index in [2.05, 4.69) is 34.9 Å². The van der Waals surface area contributed by atoms with Gasteiger partial charge in [0.15, 0.2) is 0 Å². The van der Waals surface area contributed by atoms with E-state index in [0.29, 0.717) is 12.1 Å². The largest absolute Gasteiger partial charge is 0.378 e. The summed E-state index contributed by atoms with van der Waals surface area (Å²) < 4.78 is 8.14. The highest BCUT2D eigenvalue weighted by Crippen LogP contribution is 2.18. The molecule has 0 saturated carbocycles. The first-order valence-electron chi connectivity index (χ1n) is 8.18. The second kappa shape index (κ2) is 8.42. The predicted octanol–water partition coefficient (Wildman–Crippen LogP) is 2.77. The van der Waals surface area contributed by atoms with Gasteiger partial charge < -0.3 is 14.6 Å². The maximum atomic E-state index is 5.90. The summed E-state index contributed by atoms with van der Waals surface area (Å²) in [6, 6.07) is 0.478. The second-order valence-corrected chi connectivity index (χ2v) is 5.71. The van der Waals surface area contributed by atoms with E-state index in [1.807, 2.05) is 6.20 Å². The lowest BCUT2D eigenvalue weighted by molar-refractivity contribution is 0.00511. The van der Waals surface area contributed by atoms with Crippen molar-refractivity contribution in [3.05, 3.63) is 18.2 Å². The molecule has 2 heterocycles. The van der Waals surface area contributed by atoms with Crippen molar-refractivity contribution in [3.63, 3.8) is 0 Å². The topological polar surface area (TPSA) is 39.1 Å². The van der Waals surface area contributed by atoms with Crippen LogP contribution in [0.1, 0.15) is 51.8 Å². The average molecular weight is 279 g/mol. The molecule has 0 aromatic carbocycles. The zero-order chi connectivity index (χ0) is 14.2. The minimum Gasteiger partial charge on any atom is -0.378 e. The van der Waals surface area contributed by atoms with E-state index in [4.69, 9.17) is 4.74 Å². The smallest absolute Gasteiger partial charge is 0.110 e. The van der Waals surface area contributed by atoms with Crippen molar-refractivity contribution in [3.8, 4) is 0 Å². The van der Waals surface area contributed by atoms with Crippen molar-refractivity contribution in [2.24, 2.45) is 0 Å². The number of nitrogens with zero attached hydrogens (tertiary/aromatic N) is 2. The Labute approximate surface area is 122 Å². The molecule has 1 fully saturated rings. The van der Waals surface area contributed by atoms with Gasteiger partial charge in [0.05, 0.1) is 6.10 Å². The van der Waals surface area contributed by atoms with E-state index in [0.717, 1.165) is 32.5 Å². The summed E-state index contributed by atoms with van der Waals surface area (Å²) in [6.45, 7) is 7.40. The number of hydrogen-bond donors (Lipinski definition) is 1. The van der Waals surface area contributed by atoms with Crippen molar-refractivity contribution in [2.75, 3.05) is 13.2 Å². The maximum absolute atomic E-state index is 5.90. The Bertz CT molecular complexity index is 372. The molecule has 0 aliphatic carbocycles. The Morgan fingerprint density at radius 1 is 1.45 bits per heavy atom. The van der Waals surface area contributed by atoms with Crippen LogP contribution in [-0.2, 0) is 17.7 Å². The summed E-state index contributed by atoms with van der Waals surface area (Å²) in [5.41, 5.74) is 0. The van der Waals surface area contributed by atoms with Crippen molar-refractivity contribution >= 4 is 0 Å². The molecule has 1 aromatic heterocycles. The van der Waals surface area contributed by atoms with Gasteiger partial charge in [-0.05, 0) is 45.6 Å². The Balaban J connectivity index is 1.91. The van der Waals surface area contributed by atoms with Crippen LogP contribution in [0.2, 0.25) is 0 Å². The number of aromatic nitrogens is 2. The van der Waals surface area contributed by atoms with Gasteiger partial charge in [0.1, 0.15) is 5.82 Å². The second-order valence-electron chi connectivity index (χ2n) is 5.71. The van der Waals surface area contributed by atoms with Gasteiger partial charge in [-0.25, -0.2) is 4.98 Å². The van der Waals surface area contributed by atoms with Crippen molar-refractivity contribution in [1.82, 2.24) is 14.9 Å². The van der Waals surface area contributed by atoms with Gasteiger partial charge >= 0.3 is 0 Å². The summed E-state index contributed by atoms with van der Waals surface area (Å²) in [5.74, 6) is 1.19. The quantitative estimate of drug-likeness (QED) is 0.795. The van der Waals surface area contributed by atoms with Crippen LogP contribution in [0.25, 0.3) is 0 Å².